The van der Waals surface area contributed by atoms with Gasteiger partial charge in [-0.25, -0.2) is 4.79 Å². The molecule has 0 aliphatic carbocycles. The van der Waals surface area contributed by atoms with E-state index in [1.165, 1.54) is 17.0 Å². The van der Waals surface area contributed by atoms with Gasteiger partial charge >= 0.3 is 5.97 Å². The van der Waals surface area contributed by atoms with Crippen molar-refractivity contribution >= 4 is 29.2 Å². The van der Waals surface area contributed by atoms with Crippen LogP contribution in [0, 0.1) is 10.1 Å². The monoisotopic (exact) mass is 312 g/mol. The van der Waals surface area contributed by atoms with E-state index < -0.39 is 22.8 Å². The Labute approximate surface area is 125 Å². The van der Waals surface area contributed by atoms with Crippen molar-refractivity contribution in [2.45, 2.75) is 25.3 Å². The lowest BCUT2D eigenvalue weighted by molar-refractivity contribution is -0.384. The molecule has 1 aromatic carbocycles. The minimum Gasteiger partial charge on any atom is -0.480 e. The number of carbonyl (C=O) groups is 2. The summed E-state index contributed by atoms with van der Waals surface area (Å²) in [5.41, 5.74) is -0.139. The smallest absolute Gasteiger partial charge is 0.326 e. The molecule has 7 nitrogen and oxygen atoms in total. The highest BCUT2D eigenvalue weighted by Crippen LogP contribution is 2.26. The Bertz CT molecular complexity index is 604. The number of amides is 1. The van der Waals surface area contributed by atoms with Crippen molar-refractivity contribution in [3.05, 3.63) is 38.9 Å². The number of nitro benzene ring substituents is 1. The molecule has 21 heavy (non-hydrogen) atoms. The second kappa shape index (κ2) is 6.09. The van der Waals surface area contributed by atoms with Gasteiger partial charge < -0.3 is 10.0 Å². The van der Waals surface area contributed by atoms with E-state index in [0.29, 0.717) is 13.0 Å². The predicted molar refractivity (Wildman–Crippen MR) is 74.4 cm³/mol. The number of hydrogen-bond acceptors (Lipinski definition) is 4. The van der Waals surface area contributed by atoms with Crippen LogP contribution in [0.25, 0.3) is 0 Å². The Morgan fingerprint density at radius 3 is 2.67 bits per heavy atom. The van der Waals surface area contributed by atoms with E-state index in [2.05, 4.69) is 0 Å². The third kappa shape index (κ3) is 3.13. The fraction of sp³-hybridized carbons (Fsp3) is 0.385. The number of aliphatic carboxylic acids is 1. The average Bonchev–Trinajstić information content (AvgIpc) is 2.46. The maximum atomic E-state index is 12.4. The Kier molecular flexibility index (Phi) is 4.42. The van der Waals surface area contributed by atoms with Gasteiger partial charge in [-0.05, 0) is 25.3 Å². The minimum atomic E-state index is -1.05. The van der Waals surface area contributed by atoms with Crippen molar-refractivity contribution < 1.29 is 19.6 Å². The number of hydrogen-bond donors (Lipinski definition) is 1. The van der Waals surface area contributed by atoms with E-state index >= 15 is 0 Å². The Morgan fingerprint density at radius 2 is 2.10 bits per heavy atom. The Hall–Kier alpha value is -2.15. The van der Waals surface area contributed by atoms with Crippen LogP contribution in [0.1, 0.15) is 29.6 Å². The standard InChI is InChI=1S/C13H13ClN2O5/c14-10-7-8(16(20)21)4-5-9(10)12(17)15-6-2-1-3-11(15)13(18)19/h4-5,7,11H,1-3,6H2,(H,18,19)/t11-/m0/s1. The average molecular weight is 313 g/mol. The van der Waals surface area contributed by atoms with Gasteiger partial charge in [-0.3, -0.25) is 14.9 Å². The highest BCUT2D eigenvalue weighted by atomic mass is 35.5. The molecule has 1 fully saturated rings. The van der Waals surface area contributed by atoms with Gasteiger partial charge in [0, 0.05) is 18.7 Å². The minimum absolute atomic E-state index is 0.0519. The maximum absolute atomic E-state index is 12.4. The summed E-state index contributed by atoms with van der Waals surface area (Å²) >= 11 is 5.92. The number of rotatable bonds is 3. The molecule has 1 atom stereocenters. The zero-order valence-corrected chi connectivity index (χ0v) is 11.7. The molecular weight excluding hydrogens is 300 g/mol. The van der Waals surface area contributed by atoms with E-state index in [4.69, 9.17) is 11.6 Å². The van der Waals surface area contributed by atoms with Crippen molar-refractivity contribution in [3.63, 3.8) is 0 Å². The molecule has 1 heterocycles. The van der Waals surface area contributed by atoms with E-state index in [0.717, 1.165) is 18.9 Å². The summed E-state index contributed by atoms with van der Waals surface area (Å²) in [6.45, 7) is 0.336. The van der Waals surface area contributed by atoms with Crippen LogP contribution in [0.4, 0.5) is 5.69 Å². The molecule has 0 aromatic heterocycles. The van der Waals surface area contributed by atoms with Crippen LogP contribution >= 0.6 is 11.6 Å². The second-order valence-corrected chi connectivity index (χ2v) is 5.18. The molecule has 0 saturated carbocycles. The zero-order valence-electron chi connectivity index (χ0n) is 11.0. The second-order valence-electron chi connectivity index (χ2n) is 4.77. The molecule has 0 spiro atoms. The fourth-order valence-electron chi connectivity index (χ4n) is 2.38. The molecule has 112 valence electrons. The molecule has 1 N–H and O–H groups in total. The molecule has 1 saturated heterocycles. The quantitative estimate of drug-likeness (QED) is 0.682. The number of nitrogens with zero attached hydrogens (tertiary/aromatic N) is 2. The van der Waals surface area contributed by atoms with E-state index in [1.807, 2.05) is 0 Å². The molecule has 1 aliphatic heterocycles. The summed E-state index contributed by atoms with van der Waals surface area (Å²) < 4.78 is 0. The third-order valence-corrected chi connectivity index (χ3v) is 3.76. The molecule has 0 unspecified atom stereocenters. The van der Waals surface area contributed by atoms with Crippen molar-refractivity contribution in [3.8, 4) is 0 Å². The first kappa shape index (κ1) is 15.2. The SMILES string of the molecule is O=C(O)[C@@H]1CCCCN1C(=O)c1ccc([N+](=O)[O-])cc1Cl. The van der Waals surface area contributed by atoms with Crippen LogP contribution in [0.2, 0.25) is 5.02 Å². The zero-order chi connectivity index (χ0) is 15.6. The van der Waals surface area contributed by atoms with Crippen molar-refractivity contribution in [2.75, 3.05) is 6.54 Å². The van der Waals surface area contributed by atoms with Crippen molar-refractivity contribution in [2.24, 2.45) is 0 Å². The molecule has 2 rings (SSSR count). The topological polar surface area (TPSA) is 101 Å². The van der Waals surface area contributed by atoms with Crippen LogP contribution in [-0.2, 0) is 4.79 Å². The molecular formula is C13H13ClN2O5. The van der Waals surface area contributed by atoms with Crippen LogP contribution < -0.4 is 0 Å². The van der Waals surface area contributed by atoms with Crippen molar-refractivity contribution in [1.82, 2.24) is 4.90 Å². The molecule has 0 bridgehead atoms. The number of carboxylic acids is 1. The van der Waals surface area contributed by atoms with Crippen LogP contribution in [-0.4, -0.2) is 39.4 Å². The van der Waals surface area contributed by atoms with Crippen molar-refractivity contribution in [1.29, 1.82) is 0 Å². The van der Waals surface area contributed by atoms with Gasteiger partial charge in [0.15, 0.2) is 0 Å². The Morgan fingerprint density at radius 1 is 1.38 bits per heavy atom. The van der Waals surface area contributed by atoms with Gasteiger partial charge in [0.05, 0.1) is 15.5 Å². The fourth-order valence-corrected chi connectivity index (χ4v) is 2.63. The summed E-state index contributed by atoms with van der Waals surface area (Å²) in [7, 11) is 0. The van der Waals surface area contributed by atoms with E-state index in [-0.39, 0.29) is 16.3 Å². The van der Waals surface area contributed by atoms with Gasteiger partial charge in [-0.1, -0.05) is 11.6 Å². The molecule has 1 aliphatic rings. The van der Waals surface area contributed by atoms with Gasteiger partial charge in [0.1, 0.15) is 6.04 Å². The summed E-state index contributed by atoms with van der Waals surface area (Å²) in [5, 5.41) is 19.8. The van der Waals surface area contributed by atoms with Gasteiger partial charge in [-0.15, -0.1) is 0 Å². The number of non-ortho nitro benzene ring substituents is 1. The first-order chi connectivity index (χ1) is 9.91. The van der Waals surface area contributed by atoms with Gasteiger partial charge in [0.2, 0.25) is 0 Å². The number of carbonyl (C=O) groups excluding carboxylic acids is 1. The summed E-state index contributed by atoms with van der Waals surface area (Å²) in [6, 6.07) is 2.65. The largest absolute Gasteiger partial charge is 0.480 e. The van der Waals surface area contributed by atoms with Gasteiger partial charge in [-0.2, -0.15) is 0 Å². The summed E-state index contributed by atoms with van der Waals surface area (Å²) in [4.78, 5) is 34.9. The highest BCUT2D eigenvalue weighted by molar-refractivity contribution is 6.34. The number of carboxylic acid groups (broad SMARTS) is 1. The molecule has 1 aromatic rings. The summed E-state index contributed by atoms with van der Waals surface area (Å²) in [5.74, 6) is -1.57. The number of halogens is 1. The maximum Gasteiger partial charge on any atom is 0.326 e. The first-order valence-electron chi connectivity index (χ1n) is 6.39. The third-order valence-electron chi connectivity index (χ3n) is 3.44. The Balaban J connectivity index is 2.30. The number of benzene rings is 1. The molecule has 0 radical (unpaired) electrons. The van der Waals surface area contributed by atoms with Gasteiger partial charge in [0.25, 0.3) is 11.6 Å². The molecule has 8 heteroatoms. The van der Waals surface area contributed by atoms with E-state index in [1.54, 1.807) is 0 Å². The lowest BCUT2D eigenvalue weighted by atomic mass is 10.0. The summed E-state index contributed by atoms with van der Waals surface area (Å²) in [6.07, 6.45) is 1.86. The van der Waals surface area contributed by atoms with E-state index in [9.17, 15) is 24.8 Å². The predicted octanol–water partition coefficient (Wildman–Crippen LogP) is 2.33. The highest BCUT2D eigenvalue weighted by Gasteiger charge is 2.33. The number of likely N-dealkylation sites (tertiary alicyclic amines) is 1. The number of nitro groups is 1. The molecule has 1 amide bonds. The number of piperidine rings is 1. The van der Waals surface area contributed by atoms with Crippen LogP contribution in [0.3, 0.4) is 0 Å². The van der Waals surface area contributed by atoms with Crippen LogP contribution in [0.15, 0.2) is 18.2 Å². The van der Waals surface area contributed by atoms with Crippen LogP contribution in [0.5, 0.6) is 0 Å². The normalized spacial score (nSPS) is 18.3. The first-order valence-corrected chi connectivity index (χ1v) is 6.77. The lowest BCUT2D eigenvalue weighted by Gasteiger charge is -2.33. The lowest BCUT2D eigenvalue weighted by Crippen LogP contribution is -2.48.